The smallest absolute Gasteiger partial charge is 0.257 e. The fourth-order valence-corrected chi connectivity index (χ4v) is 1.21. The summed E-state index contributed by atoms with van der Waals surface area (Å²) in [6.45, 7) is 0.571. The highest BCUT2D eigenvalue weighted by atomic mass is 16.5. The summed E-state index contributed by atoms with van der Waals surface area (Å²) in [4.78, 5) is 4.18. The van der Waals surface area contributed by atoms with E-state index in [0.717, 1.165) is 5.56 Å². The normalized spacial score (nSPS) is 10.5. The lowest BCUT2D eigenvalue weighted by atomic mass is 10.2. The summed E-state index contributed by atoms with van der Waals surface area (Å²) in [6, 6.07) is 6.62. The molecule has 0 amide bonds. The van der Waals surface area contributed by atoms with Crippen LogP contribution in [0.1, 0.15) is 5.82 Å². The van der Waals surface area contributed by atoms with Gasteiger partial charge in [0, 0.05) is 5.56 Å². The predicted octanol–water partition coefficient (Wildman–Crippen LogP) is 1.16. The second kappa shape index (κ2) is 4.10. The first kappa shape index (κ1) is 9.67. The standard InChI is InChI=1S/C10H11N3O2/c1-11-6-9-12-10(15-13-9)7-2-4-8(14)5-3-7/h2-5,11,14H,6H2,1H3. The first-order valence-corrected chi connectivity index (χ1v) is 4.56. The molecule has 1 aromatic heterocycles. The molecule has 0 atom stereocenters. The van der Waals surface area contributed by atoms with Crippen LogP contribution >= 0.6 is 0 Å². The maximum Gasteiger partial charge on any atom is 0.257 e. The molecular formula is C10H11N3O2. The van der Waals surface area contributed by atoms with Crippen molar-refractivity contribution in [3.63, 3.8) is 0 Å². The highest BCUT2D eigenvalue weighted by molar-refractivity contribution is 5.53. The molecule has 0 radical (unpaired) electrons. The van der Waals surface area contributed by atoms with Gasteiger partial charge >= 0.3 is 0 Å². The van der Waals surface area contributed by atoms with E-state index < -0.39 is 0 Å². The van der Waals surface area contributed by atoms with Crippen molar-refractivity contribution in [3.8, 4) is 17.2 Å². The van der Waals surface area contributed by atoms with Crippen molar-refractivity contribution >= 4 is 0 Å². The Morgan fingerprint density at radius 3 is 2.73 bits per heavy atom. The van der Waals surface area contributed by atoms with E-state index in [-0.39, 0.29) is 5.75 Å². The molecule has 78 valence electrons. The van der Waals surface area contributed by atoms with E-state index in [0.29, 0.717) is 18.3 Å². The van der Waals surface area contributed by atoms with Gasteiger partial charge in [0.15, 0.2) is 5.82 Å². The van der Waals surface area contributed by atoms with Crippen LogP contribution in [0.5, 0.6) is 5.75 Å². The molecule has 2 aromatic rings. The molecule has 0 fully saturated rings. The largest absolute Gasteiger partial charge is 0.508 e. The van der Waals surface area contributed by atoms with Crippen LogP contribution in [0.3, 0.4) is 0 Å². The van der Waals surface area contributed by atoms with E-state index in [1.807, 2.05) is 7.05 Å². The molecule has 0 aliphatic rings. The molecule has 15 heavy (non-hydrogen) atoms. The highest BCUT2D eigenvalue weighted by Gasteiger charge is 2.07. The molecule has 2 N–H and O–H groups in total. The number of phenols is 1. The van der Waals surface area contributed by atoms with Crippen molar-refractivity contribution < 1.29 is 9.63 Å². The van der Waals surface area contributed by atoms with Crippen molar-refractivity contribution in [1.82, 2.24) is 15.5 Å². The van der Waals surface area contributed by atoms with Crippen LogP contribution in [0.25, 0.3) is 11.5 Å². The Kier molecular flexibility index (Phi) is 2.64. The maximum atomic E-state index is 9.12. The van der Waals surface area contributed by atoms with Crippen LogP contribution in [0.2, 0.25) is 0 Å². The number of nitrogens with zero attached hydrogens (tertiary/aromatic N) is 2. The number of aromatic nitrogens is 2. The number of rotatable bonds is 3. The number of hydrogen-bond acceptors (Lipinski definition) is 5. The molecule has 1 aromatic carbocycles. The SMILES string of the molecule is CNCc1noc(-c2ccc(O)cc2)n1. The van der Waals surface area contributed by atoms with Crippen LogP contribution in [-0.2, 0) is 6.54 Å². The van der Waals surface area contributed by atoms with Crippen LogP contribution in [0.4, 0.5) is 0 Å². The van der Waals surface area contributed by atoms with Gasteiger partial charge in [-0.2, -0.15) is 4.98 Å². The van der Waals surface area contributed by atoms with Gasteiger partial charge in [-0.1, -0.05) is 5.16 Å². The minimum atomic E-state index is 0.216. The minimum absolute atomic E-state index is 0.216. The number of phenolic OH excluding ortho intramolecular Hbond substituents is 1. The zero-order chi connectivity index (χ0) is 10.7. The van der Waals surface area contributed by atoms with Crippen LogP contribution in [-0.4, -0.2) is 22.3 Å². The monoisotopic (exact) mass is 205 g/mol. The molecular weight excluding hydrogens is 194 g/mol. The zero-order valence-corrected chi connectivity index (χ0v) is 8.27. The van der Waals surface area contributed by atoms with Crippen molar-refractivity contribution in [3.05, 3.63) is 30.1 Å². The van der Waals surface area contributed by atoms with Crippen molar-refractivity contribution in [2.45, 2.75) is 6.54 Å². The van der Waals surface area contributed by atoms with Crippen molar-refractivity contribution in [1.29, 1.82) is 0 Å². The van der Waals surface area contributed by atoms with Gasteiger partial charge in [0.2, 0.25) is 0 Å². The summed E-state index contributed by atoms with van der Waals surface area (Å²) in [5.41, 5.74) is 0.794. The van der Waals surface area contributed by atoms with Gasteiger partial charge in [-0.05, 0) is 31.3 Å². The Morgan fingerprint density at radius 2 is 2.07 bits per heavy atom. The lowest BCUT2D eigenvalue weighted by Gasteiger charge is -1.93. The lowest BCUT2D eigenvalue weighted by molar-refractivity contribution is 0.420. The second-order valence-corrected chi connectivity index (χ2v) is 3.09. The summed E-state index contributed by atoms with van der Waals surface area (Å²) in [5.74, 6) is 1.29. The molecule has 0 aliphatic heterocycles. The highest BCUT2D eigenvalue weighted by Crippen LogP contribution is 2.19. The maximum absolute atomic E-state index is 9.12. The zero-order valence-electron chi connectivity index (χ0n) is 8.27. The van der Waals surface area contributed by atoms with Crippen molar-refractivity contribution in [2.24, 2.45) is 0 Å². The van der Waals surface area contributed by atoms with Crippen molar-refractivity contribution in [2.75, 3.05) is 7.05 Å². The lowest BCUT2D eigenvalue weighted by Crippen LogP contribution is -2.06. The summed E-state index contributed by atoms with van der Waals surface area (Å²) in [7, 11) is 1.82. The Balaban J connectivity index is 2.25. The predicted molar refractivity (Wildman–Crippen MR) is 54.2 cm³/mol. The van der Waals surface area contributed by atoms with Crippen LogP contribution in [0, 0.1) is 0 Å². The molecule has 1 heterocycles. The van der Waals surface area contributed by atoms with Gasteiger partial charge < -0.3 is 14.9 Å². The van der Waals surface area contributed by atoms with Gasteiger partial charge in [0.25, 0.3) is 5.89 Å². The fraction of sp³-hybridized carbons (Fsp3) is 0.200. The number of aromatic hydroxyl groups is 1. The fourth-order valence-electron chi connectivity index (χ4n) is 1.21. The van der Waals surface area contributed by atoms with Crippen LogP contribution in [0.15, 0.2) is 28.8 Å². The summed E-state index contributed by atoms with van der Waals surface area (Å²) >= 11 is 0. The summed E-state index contributed by atoms with van der Waals surface area (Å²) < 4.78 is 5.06. The first-order chi connectivity index (χ1) is 7.29. The average molecular weight is 205 g/mol. The van der Waals surface area contributed by atoms with Crippen LogP contribution < -0.4 is 5.32 Å². The number of nitrogens with one attached hydrogen (secondary N) is 1. The first-order valence-electron chi connectivity index (χ1n) is 4.56. The van der Waals surface area contributed by atoms with E-state index in [1.54, 1.807) is 24.3 Å². The molecule has 5 nitrogen and oxygen atoms in total. The molecule has 0 bridgehead atoms. The molecule has 2 rings (SSSR count). The van der Waals surface area contributed by atoms with E-state index >= 15 is 0 Å². The molecule has 0 unspecified atom stereocenters. The Hall–Kier alpha value is -1.88. The van der Waals surface area contributed by atoms with Gasteiger partial charge in [-0.3, -0.25) is 0 Å². The topological polar surface area (TPSA) is 71.2 Å². The van der Waals surface area contributed by atoms with Gasteiger partial charge in [-0.25, -0.2) is 0 Å². The van der Waals surface area contributed by atoms with E-state index in [9.17, 15) is 0 Å². The number of hydrogen-bond donors (Lipinski definition) is 2. The molecule has 0 saturated heterocycles. The Bertz CT molecular complexity index is 436. The average Bonchev–Trinajstić information content (AvgIpc) is 2.68. The number of benzene rings is 1. The second-order valence-electron chi connectivity index (χ2n) is 3.09. The minimum Gasteiger partial charge on any atom is -0.508 e. The molecule has 0 saturated carbocycles. The summed E-state index contributed by atoms with van der Waals surface area (Å²) in [6.07, 6.45) is 0. The van der Waals surface area contributed by atoms with Gasteiger partial charge in [0.1, 0.15) is 5.75 Å². The van der Waals surface area contributed by atoms with Gasteiger partial charge in [0.05, 0.1) is 6.54 Å². The summed E-state index contributed by atoms with van der Waals surface area (Å²) in [5, 5.41) is 15.8. The van der Waals surface area contributed by atoms with Gasteiger partial charge in [-0.15, -0.1) is 0 Å². The van der Waals surface area contributed by atoms with E-state index in [4.69, 9.17) is 9.63 Å². The van der Waals surface area contributed by atoms with E-state index in [2.05, 4.69) is 15.5 Å². The third kappa shape index (κ3) is 2.13. The quantitative estimate of drug-likeness (QED) is 0.786. The van der Waals surface area contributed by atoms with E-state index in [1.165, 1.54) is 0 Å². The molecule has 0 aliphatic carbocycles. The molecule has 5 heteroatoms. The Labute approximate surface area is 86.7 Å². The third-order valence-electron chi connectivity index (χ3n) is 1.92. The Morgan fingerprint density at radius 1 is 1.33 bits per heavy atom. The molecule has 0 spiro atoms. The third-order valence-corrected chi connectivity index (χ3v) is 1.92.